The highest BCUT2D eigenvalue weighted by Gasteiger charge is 2.40. The molecule has 0 saturated heterocycles. The summed E-state index contributed by atoms with van der Waals surface area (Å²) in [6.45, 7) is -0.468. The third-order valence-electron chi connectivity index (χ3n) is 2.48. The van der Waals surface area contributed by atoms with E-state index in [0.29, 0.717) is 4.90 Å². The average molecular weight is 266 g/mol. The van der Waals surface area contributed by atoms with E-state index >= 15 is 0 Å². The number of hydrogen-bond donors (Lipinski definition) is 0. The first kappa shape index (κ1) is 16.6. The van der Waals surface area contributed by atoms with Crippen LogP contribution in [0.3, 0.4) is 0 Å². The van der Waals surface area contributed by atoms with Crippen LogP contribution in [0.1, 0.15) is 6.92 Å². The summed E-state index contributed by atoms with van der Waals surface area (Å²) >= 11 is 0. The van der Waals surface area contributed by atoms with Gasteiger partial charge >= 0.3 is 6.18 Å². The van der Waals surface area contributed by atoms with Crippen molar-refractivity contribution in [3.63, 3.8) is 0 Å². The minimum Gasteiger partial charge on any atom is -0.275 e. The van der Waals surface area contributed by atoms with Crippen molar-refractivity contribution in [2.24, 2.45) is 0 Å². The molecule has 0 aromatic carbocycles. The Morgan fingerprint density at radius 1 is 1.17 bits per heavy atom. The number of alkyl halides is 4. The minimum absolute atomic E-state index is 0.234. The molecule has 0 aliphatic heterocycles. The Balaban J connectivity index is 4.64. The maximum atomic E-state index is 13.6. The quantitative estimate of drug-likeness (QED) is 0.415. The van der Waals surface area contributed by atoms with Crippen LogP contribution in [0.2, 0.25) is 0 Å². The summed E-state index contributed by atoms with van der Waals surface area (Å²) in [6.07, 6.45) is -6.26. The lowest BCUT2D eigenvalue weighted by molar-refractivity contribution is -0.180. The summed E-state index contributed by atoms with van der Waals surface area (Å²) < 4.78 is 51.0. The first-order valence-electron chi connectivity index (χ1n) is 5.13. The van der Waals surface area contributed by atoms with Crippen molar-refractivity contribution in [3.8, 4) is 12.1 Å². The SMILES string of the molecule is CC(N(CC#N)CC(F)N(C)CC#N)C(F)(F)F. The number of nitriles is 2. The lowest BCUT2D eigenvalue weighted by atomic mass is 10.2. The Hall–Kier alpha value is -1.38. The van der Waals surface area contributed by atoms with Gasteiger partial charge in [0.05, 0.1) is 25.2 Å². The van der Waals surface area contributed by atoms with E-state index in [9.17, 15) is 17.6 Å². The molecule has 0 heterocycles. The Labute approximate surface area is 103 Å². The molecule has 0 aromatic rings. The summed E-state index contributed by atoms with van der Waals surface area (Å²) in [5.41, 5.74) is 0. The van der Waals surface area contributed by atoms with Crippen LogP contribution < -0.4 is 0 Å². The standard InChI is InChI=1S/C10H14F4N4/c1-8(10(12,13)14)18(6-4-16)7-9(11)17(2)5-3-15/h8-9H,5-7H2,1-2H3. The van der Waals surface area contributed by atoms with Crippen LogP contribution in [-0.2, 0) is 0 Å². The summed E-state index contributed by atoms with van der Waals surface area (Å²) in [5.74, 6) is 0. The van der Waals surface area contributed by atoms with E-state index in [1.165, 1.54) is 7.05 Å². The molecule has 0 aliphatic carbocycles. The third kappa shape index (κ3) is 5.30. The van der Waals surface area contributed by atoms with Crippen molar-refractivity contribution in [1.82, 2.24) is 9.80 Å². The Morgan fingerprint density at radius 2 is 1.67 bits per heavy atom. The zero-order valence-corrected chi connectivity index (χ0v) is 10.1. The number of nitrogens with zero attached hydrogens (tertiary/aromatic N) is 4. The molecule has 0 fully saturated rings. The zero-order chi connectivity index (χ0) is 14.3. The molecule has 0 rings (SSSR count). The van der Waals surface area contributed by atoms with E-state index in [-0.39, 0.29) is 6.54 Å². The molecule has 18 heavy (non-hydrogen) atoms. The van der Waals surface area contributed by atoms with E-state index in [4.69, 9.17) is 10.5 Å². The van der Waals surface area contributed by atoms with Crippen LogP contribution in [0.4, 0.5) is 17.6 Å². The topological polar surface area (TPSA) is 54.1 Å². The molecule has 8 heteroatoms. The summed E-state index contributed by atoms with van der Waals surface area (Å²) in [5, 5.41) is 16.8. The number of halogens is 4. The van der Waals surface area contributed by atoms with Crippen molar-refractivity contribution in [2.75, 3.05) is 26.7 Å². The summed E-state index contributed by atoms with van der Waals surface area (Å²) in [7, 11) is 1.29. The van der Waals surface area contributed by atoms with E-state index in [2.05, 4.69) is 0 Å². The average Bonchev–Trinajstić information content (AvgIpc) is 2.26. The second-order valence-electron chi connectivity index (χ2n) is 3.81. The van der Waals surface area contributed by atoms with Crippen molar-refractivity contribution in [2.45, 2.75) is 25.4 Å². The molecule has 4 nitrogen and oxygen atoms in total. The van der Waals surface area contributed by atoms with Crippen molar-refractivity contribution in [3.05, 3.63) is 0 Å². The molecule has 2 atom stereocenters. The fourth-order valence-corrected chi connectivity index (χ4v) is 1.20. The van der Waals surface area contributed by atoms with Gasteiger partial charge in [0.2, 0.25) is 0 Å². The Bertz CT molecular complexity index is 330. The lowest BCUT2D eigenvalue weighted by Crippen LogP contribution is -2.49. The van der Waals surface area contributed by atoms with E-state index < -0.39 is 31.6 Å². The maximum Gasteiger partial charge on any atom is 0.403 e. The molecular weight excluding hydrogens is 252 g/mol. The van der Waals surface area contributed by atoms with E-state index in [0.717, 1.165) is 11.8 Å². The molecular formula is C10H14F4N4. The smallest absolute Gasteiger partial charge is 0.275 e. The number of hydrogen-bond acceptors (Lipinski definition) is 4. The fourth-order valence-electron chi connectivity index (χ4n) is 1.20. The van der Waals surface area contributed by atoms with Crippen LogP contribution in [0, 0.1) is 22.7 Å². The van der Waals surface area contributed by atoms with Crippen molar-refractivity contribution >= 4 is 0 Å². The van der Waals surface area contributed by atoms with Gasteiger partial charge < -0.3 is 0 Å². The molecule has 102 valence electrons. The van der Waals surface area contributed by atoms with E-state index in [1.807, 2.05) is 0 Å². The third-order valence-corrected chi connectivity index (χ3v) is 2.48. The fraction of sp³-hybridized carbons (Fsp3) is 0.800. The molecule has 0 radical (unpaired) electrons. The second kappa shape index (κ2) is 7.14. The van der Waals surface area contributed by atoms with Gasteiger partial charge in [-0.15, -0.1) is 0 Å². The van der Waals surface area contributed by atoms with Crippen LogP contribution >= 0.6 is 0 Å². The highest BCUT2D eigenvalue weighted by Crippen LogP contribution is 2.24. The predicted molar refractivity (Wildman–Crippen MR) is 55.8 cm³/mol. The number of rotatable bonds is 6. The molecule has 0 saturated carbocycles. The Morgan fingerprint density at radius 3 is 2.06 bits per heavy atom. The normalized spacial score (nSPS) is 15.2. The monoisotopic (exact) mass is 266 g/mol. The number of likely N-dealkylation sites (N-methyl/N-ethyl adjacent to an activating group) is 1. The molecule has 0 amide bonds. The second-order valence-corrected chi connectivity index (χ2v) is 3.81. The first-order chi connectivity index (χ1) is 8.23. The van der Waals surface area contributed by atoms with Crippen molar-refractivity contribution in [1.29, 1.82) is 10.5 Å². The van der Waals surface area contributed by atoms with Crippen LogP contribution in [-0.4, -0.2) is 55.0 Å². The molecule has 0 aromatic heterocycles. The van der Waals surface area contributed by atoms with Crippen LogP contribution in [0.25, 0.3) is 0 Å². The molecule has 0 aliphatic rings. The summed E-state index contributed by atoms with van der Waals surface area (Å²) in [4.78, 5) is 1.67. The zero-order valence-electron chi connectivity index (χ0n) is 10.1. The minimum atomic E-state index is -4.52. The van der Waals surface area contributed by atoms with Gasteiger partial charge in [0.25, 0.3) is 0 Å². The van der Waals surface area contributed by atoms with E-state index in [1.54, 1.807) is 12.1 Å². The largest absolute Gasteiger partial charge is 0.403 e. The van der Waals surface area contributed by atoms with Gasteiger partial charge in [-0.2, -0.15) is 23.7 Å². The maximum absolute atomic E-state index is 13.6. The highest BCUT2D eigenvalue weighted by atomic mass is 19.4. The van der Waals surface area contributed by atoms with Gasteiger partial charge in [-0.1, -0.05) is 0 Å². The lowest BCUT2D eigenvalue weighted by Gasteiger charge is -2.31. The van der Waals surface area contributed by atoms with Gasteiger partial charge in [-0.3, -0.25) is 9.80 Å². The Kier molecular flexibility index (Phi) is 6.60. The predicted octanol–water partition coefficient (Wildman–Crippen LogP) is 1.51. The van der Waals surface area contributed by atoms with Gasteiger partial charge in [-0.05, 0) is 14.0 Å². The van der Waals surface area contributed by atoms with Gasteiger partial charge in [0, 0.05) is 6.54 Å². The summed E-state index contributed by atoms with van der Waals surface area (Å²) in [6, 6.07) is 1.35. The van der Waals surface area contributed by atoms with Crippen LogP contribution in [0.15, 0.2) is 0 Å². The molecule has 0 spiro atoms. The highest BCUT2D eigenvalue weighted by molar-refractivity contribution is 4.85. The molecule has 2 unspecified atom stereocenters. The molecule has 0 N–H and O–H groups in total. The van der Waals surface area contributed by atoms with Gasteiger partial charge in [0.15, 0.2) is 6.30 Å². The van der Waals surface area contributed by atoms with Crippen LogP contribution in [0.5, 0.6) is 0 Å². The first-order valence-corrected chi connectivity index (χ1v) is 5.13. The van der Waals surface area contributed by atoms with Gasteiger partial charge in [-0.25, -0.2) is 4.39 Å². The molecule has 0 bridgehead atoms. The van der Waals surface area contributed by atoms with Gasteiger partial charge in [0.1, 0.15) is 6.04 Å². The van der Waals surface area contributed by atoms with Crippen molar-refractivity contribution < 1.29 is 17.6 Å².